The zero-order valence-electron chi connectivity index (χ0n) is 14.7. The molecule has 0 bridgehead atoms. The molecule has 0 radical (unpaired) electrons. The van der Waals surface area contributed by atoms with Crippen molar-refractivity contribution in [2.75, 3.05) is 16.8 Å². The molecule has 3 rings (SSSR count). The fourth-order valence-corrected chi connectivity index (χ4v) is 3.81. The monoisotopic (exact) mass is 358 g/mol. The summed E-state index contributed by atoms with van der Waals surface area (Å²) in [5.74, 6) is 0.351. The first-order valence-corrected chi connectivity index (χ1v) is 9.25. The van der Waals surface area contributed by atoms with E-state index in [1.807, 2.05) is 49.9 Å². The maximum Gasteiger partial charge on any atom is 0.227 e. The number of nitrogens with one attached hydrogen (secondary N) is 1. The van der Waals surface area contributed by atoms with Crippen molar-refractivity contribution in [2.24, 2.45) is 5.92 Å². The van der Waals surface area contributed by atoms with E-state index in [2.05, 4.69) is 15.5 Å². The molecular weight excluding hydrogens is 336 g/mol. The van der Waals surface area contributed by atoms with Gasteiger partial charge in [0.2, 0.25) is 16.9 Å². The number of carbonyl (C=O) groups excluding carboxylic acids is 2. The Morgan fingerprint density at radius 3 is 2.84 bits per heavy atom. The molecule has 1 atom stereocenters. The van der Waals surface area contributed by atoms with Crippen molar-refractivity contribution in [3.05, 3.63) is 34.8 Å². The predicted molar refractivity (Wildman–Crippen MR) is 98.9 cm³/mol. The summed E-state index contributed by atoms with van der Waals surface area (Å²) in [4.78, 5) is 26.1. The van der Waals surface area contributed by atoms with Gasteiger partial charge in [-0.2, -0.15) is 0 Å². The summed E-state index contributed by atoms with van der Waals surface area (Å²) < 4.78 is 0. The standard InChI is InChI=1S/C18H22N4O2S/c1-11(2)8-15(23)19-18-21-20-17(25-18)13-9-16(24)22(10-13)14-7-5-4-6-12(14)3/h4-7,11,13H,8-10H2,1-3H3,(H,19,21,23). The molecular formula is C18H22N4O2S. The number of aryl methyl sites for hydroxylation is 1. The highest BCUT2D eigenvalue weighted by atomic mass is 32.1. The molecule has 25 heavy (non-hydrogen) atoms. The van der Waals surface area contributed by atoms with E-state index >= 15 is 0 Å². The van der Waals surface area contributed by atoms with E-state index in [-0.39, 0.29) is 17.7 Å². The number of para-hydroxylation sites is 1. The maximum absolute atomic E-state index is 12.4. The van der Waals surface area contributed by atoms with Crippen LogP contribution in [0.4, 0.5) is 10.8 Å². The number of aromatic nitrogens is 2. The van der Waals surface area contributed by atoms with Crippen LogP contribution in [0.5, 0.6) is 0 Å². The number of rotatable bonds is 5. The summed E-state index contributed by atoms with van der Waals surface area (Å²) in [6.07, 6.45) is 0.876. The molecule has 1 aliphatic rings. The van der Waals surface area contributed by atoms with Crippen LogP contribution in [0.15, 0.2) is 24.3 Å². The minimum atomic E-state index is -0.0539. The topological polar surface area (TPSA) is 75.2 Å². The maximum atomic E-state index is 12.4. The summed E-state index contributed by atoms with van der Waals surface area (Å²) in [7, 11) is 0. The van der Waals surface area contributed by atoms with E-state index in [9.17, 15) is 9.59 Å². The molecule has 1 aromatic heterocycles. The first-order valence-electron chi connectivity index (χ1n) is 8.43. The predicted octanol–water partition coefficient (Wildman–Crippen LogP) is 3.35. The SMILES string of the molecule is Cc1ccccc1N1CC(c2nnc(NC(=O)CC(C)C)s2)CC1=O. The lowest BCUT2D eigenvalue weighted by molar-refractivity contribution is -0.117. The van der Waals surface area contributed by atoms with Crippen LogP contribution >= 0.6 is 11.3 Å². The van der Waals surface area contributed by atoms with Gasteiger partial charge in [-0.25, -0.2) is 0 Å². The van der Waals surface area contributed by atoms with Crippen LogP contribution in [0.25, 0.3) is 0 Å². The molecule has 7 heteroatoms. The minimum Gasteiger partial charge on any atom is -0.311 e. The normalized spacial score (nSPS) is 17.4. The van der Waals surface area contributed by atoms with Gasteiger partial charge in [0, 0.05) is 31.0 Å². The van der Waals surface area contributed by atoms with Crippen molar-refractivity contribution < 1.29 is 9.59 Å². The van der Waals surface area contributed by atoms with Crippen LogP contribution in [0.2, 0.25) is 0 Å². The van der Waals surface area contributed by atoms with Crippen molar-refractivity contribution in [1.82, 2.24) is 10.2 Å². The van der Waals surface area contributed by atoms with Crippen molar-refractivity contribution in [1.29, 1.82) is 0 Å². The van der Waals surface area contributed by atoms with Gasteiger partial charge < -0.3 is 10.2 Å². The number of amides is 2. The Kier molecular flexibility index (Phi) is 5.13. The number of hydrogen-bond donors (Lipinski definition) is 1. The first-order chi connectivity index (χ1) is 11.9. The Hall–Kier alpha value is -2.28. The third kappa shape index (κ3) is 4.04. The van der Waals surface area contributed by atoms with Crippen LogP contribution in [-0.2, 0) is 9.59 Å². The fraction of sp³-hybridized carbons (Fsp3) is 0.444. The van der Waals surface area contributed by atoms with E-state index in [0.717, 1.165) is 16.3 Å². The highest BCUT2D eigenvalue weighted by Gasteiger charge is 2.34. The molecule has 0 aliphatic carbocycles. The summed E-state index contributed by atoms with van der Waals surface area (Å²) in [6.45, 7) is 6.59. The van der Waals surface area contributed by atoms with E-state index in [4.69, 9.17) is 0 Å². The van der Waals surface area contributed by atoms with Gasteiger partial charge in [-0.05, 0) is 24.5 Å². The van der Waals surface area contributed by atoms with Crippen molar-refractivity contribution in [3.8, 4) is 0 Å². The second kappa shape index (κ2) is 7.31. The molecule has 2 amide bonds. The molecule has 0 saturated carbocycles. The Balaban J connectivity index is 1.69. The van der Waals surface area contributed by atoms with Crippen LogP contribution in [-0.4, -0.2) is 28.6 Å². The van der Waals surface area contributed by atoms with E-state index in [1.165, 1.54) is 11.3 Å². The molecule has 1 aliphatic heterocycles. The minimum absolute atomic E-state index is 0.0142. The lowest BCUT2D eigenvalue weighted by Crippen LogP contribution is -2.25. The second-order valence-electron chi connectivity index (χ2n) is 6.78. The molecule has 6 nitrogen and oxygen atoms in total. The van der Waals surface area contributed by atoms with Gasteiger partial charge in [0.1, 0.15) is 5.01 Å². The molecule has 2 heterocycles. The number of hydrogen-bond acceptors (Lipinski definition) is 5. The Labute approximate surface area is 151 Å². The Morgan fingerprint density at radius 2 is 2.12 bits per heavy atom. The molecule has 0 spiro atoms. The second-order valence-corrected chi connectivity index (χ2v) is 7.79. The van der Waals surface area contributed by atoms with E-state index in [0.29, 0.717) is 30.4 Å². The highest BCUT2D eigenvalue weighted by Crippen LogP contribution is 2.35. The zero-order chi connectivity index (χ0) is 18.0. The van der Waals surface area contributed by atoms with Gasteiger partial charge in [-0.3, -0.25) is 9.59 Å². The number of benzene rings is 1. The molecule has 1 unspecified atom stereocenters. The van der Waals surface area contributed by atoms with Gasteiger partial charge >= 0.3 is 0 Å². The molecule has 1 saturated heterocycles. The van der Waals surface area contributed by atoms with Gasteiger partial charge in [-0.15, -0.1) is 10.2 Å². The van der Waals surface area contributed by atoms with Gasteiger partial charge in [0.05, 0.1) is 0 Å². The van der Waals surface area contributed by atoms with E-state index < -0.39 is 0 Å². The Morgan fingerprint density at radius 1 is 1.36 bits per heavy atom. The van der Waals surface area contributed by atoms with Gasteiger partial charge in [-0.1, -0.05) is 43.4 Å². The third-order valence-electron chi connectivity index (χ3n) is 4.16. The van der Waals surface area contributed by atoms with Crippen LogP contribution in [0, 0.1) is 12.8 Å². The lowest BCUT2D eigenvalue weighted by atomic mass is 10.1. The van der Waals surface area contributed by atoms with Crippen molar-refractivity contribution >= 4 is 34.0 Å². The zero-order valence-corrected chi connectivity index (χ0v) is 15.5. The van der Waals surface area contributed by atoms with E-state index in [1.54, 1.807) is 0 Å². The first kappa shape index (κ1) is 17.5. The lowest BCUT2D eigenvalue weighted by Gasteiger charge is -2.18. The van der Waals surface area contributed by atoms with Crippen molar-refractivity contribution in [2.45, 2.75) is 39.5 Å². The molecule has 1 N–H and O–H groups in total. The van der Waals surface area contributed by atoms with Gasteiger partial charge in [0.15, 0.2) is 0 Å². The fourth-order valence-electron chi connectivity index (χ4n) is 2.96. The smallest absolute Gasteiger partial charge is 0.227 e. The highest BCUT2D eigenvalue weighted by molar-refractivity contribution is 7.15. The van der Waals surface area contributed by atoms with Crippen molar-refractivity contribution in [3.63, 3.8) is 0 Å². The molecule has 1 aromatic carbocycles. The number of anilines is 2. The Bertz CT molecular complexity index is 787. The number of nitrogens with zero attached hydrogens (tertiary/aromatic N) is 3. The molecule has 132 valence electrons. The summed E-state index contributed by atoms with van der Waals surface area (Å²) in [6, 6.07) is 7.88. The third-order valence-corrected chi connectivity index (χ3v) is 5.16. The van der Waals surface area contributed by atoms with Crippen LogP contribution < -0.4 is 10.2 Å². The molecule has 1 fully saturated rings. The van der Waals surface area contributed by atoms with Crippen LogP contribution in [0.3, 0.4) is 0 Å². The quantitative estimate of drug-likeness (QED) is 0.889. The van der Waals surface area contributed by atoms with Gasteiger partial charge in [0.25, 0.3) is 0 Å². The summed E-state index contributed by atoms with van der Waals surface area (Å²) in [5, 5.41) is 12.3. The summed E-state index contributed by atoms with van der Waals surface area (Å²) in [5.41, 5.74) is 2.03. The van der Waals surface area contributed by atoms with Crippen LogP contribution in [0.1, 0.15) is 43.2 Å². The summed E-state index contributed by atoms with van der Waals surface area (Å²) >= 11 is 1.36. The largest absolute Gasteiger partial charge is 0.311 e. The number of carbonyl (C=O) groups is 2. The average molecular weight is 358 g/mol. The molecule has 2 aromatic rings. The average Bonchev–Trinajstić information content (AvgIpc) is 3.14.